The molecule has 0 amide bonds. The molecule has 0 bridgehead atoms. The van der Waals surface area contributed by atoms with Gasteiger partial charge in [-0.3, -0.25) is 0 Å². The zero-order valence-electron chi connectivity index (χ0n) is 11.0. The quantitative estimate of drug-likeness (QED) is 0.449. The van der Waals surface area contributed by atoms with Gasteiger partial charge in [0.2, 0.25) is 0 Å². The summed E-state index contributed by atoms with van der Waals surface area (Å²) in [6.07, 6.45) is 4.68. The Balaban J connectivity index is 2.97. The highest BCUT2D eigenvalue weighted by Crippen LogP contribution is 2.34. The summed E-state index contributed by atoms with van der Waals surface area (Å²) < 4.78 is 11.9. The summed E-state index contributed by atoms with van der Waals surface area (Å²) in [4.78, 5) is 10.5. The minimum absolute atomic E-state index is 0.619. The first-order valence-electron chi connectivity index (χ1n) is 5.99. The van der Waals surface area contributed by atoms with E-state index in [2.05, 4.69) is 29.5 Å². The second-order valence-corrected chi connectivity index (χ2v) is 5.07. The lowest BCUT2D eigenvalue weighted by Gasteiger charge is -2.13. The Morgan fingerprint density at radius 2 is 2.21 bits per heavy atom. The highest BCUT2D eigenvalue weighted by molar-refractivity contribution is 14.1. The number of ether oxygens (including phenoxy) is 2. The third-order valence-corrected chi connectivity index (χ3v) is 3.22. The van der Waals surface area contributed by atoms with Crippen LogP contribution in [-0.4, -0.2) is 24.8 Å². The molecule has 0 fully saturated rings. The van der Waals surface area contributed by atoms with Crippen molar-refractivity contribution in [3.63, 3.8) is 0 Å². The molecule has 0 saturated carbocycles. The number of benzene rings is 1. The van der Waals surface area contributed by atoms with Crippen molar-refractivity contribution < 1.29 is 19.4 Å². The number of carboxylic acid groups (broad SMARTS) is 1. The van der Waals surface area contributed by atoms with Crippen molar-refractivity contribution in [2.75, 3.05) is 13.7 Å². The number of halogens is 1. The van der Waals surface area contributed by atoms with Crippen LogP contribution < -0.4 is 9.47 Å². The molecule has 0 aromatic heterocycles. The summed E-state index contributed by atoms with van der Waals surface area (Å²) in [7, 11) is 1.57. The summed E-state index contributed by atoms with van der Waals surface area (Å²) in [5.74, 6) is 0.356. The van der Waals surface area contributed by atoms with E-state index in [1.807, 2.05) is 6.07 Å². The molecule has 1 aromatic carbocycles. The number of aliphatic carboxylic acids is 1. The minimum Gasteiger partial charge on any atom is -0.493 e. The lowest BCUT2D eigenvalue weighted by Crippen LogP contribution is -2.01. The van der Waals surface area contributed by atoms with E-state index in [9.17, 15) is 4.79 Å². The third kappa shape index (κ3) is 5.10. The van der Waals surface area contributed by atoms with Gasteiger partial charge < -0.3 is 14.6 Å². The normalized spacial score (nSPS) is 10.7. The Morgan fingerprint density at radius 3 is 2.79 bits per heavy atom. The zero-order valence-corrected chi connectivity index (χ0v) is 13.1. The molecule has 0 heterocycles. The average Bonchev–Trinajstić information content (AvgIpc) is 2.38. The molecule has 1 N–H and O–H groups in total. The molecule has 5 heteroatoms. The first-order chi connectivity index (χ1) is 9.08. The summed E-state index contributed by atoms with van der Waals surface area (Å²) in [6.45, 7) is 2.75. The standard InChI is InChI=1S/C14H17IO4/c1-3-4-7-19-14-11(15)8-10(5-6-13(16)17)9-12(14)18-2/h5-6,8-9H,3-4,7H2,1-2H3,(H,16,17). The molecule has 1 aromatic rings. The van der Waals surface area contributed by atoms with Gasteiger partial charge >= 0.3 is 5.97 Å². The number of carboxylic acids is 1. The molecule has 0 aliphatic carbocycles. The Labute approximate surface area is 126 Å². The Morgan fingerprint density at radius 1 is 1.47 bits per heavy atom. The second-order valence-electron chi connectivity index (χ2n) is 3.91. The molecule has 104 valence electrons. The lowest BCUT2D eigenvalue weighted by atomic mass is 10.2. The number of carbonyl (C=O) groups is 1. The van der Waals surface area contributed by atoms with Gasteiger partial charge in [-0.25, -0.2) is 4.79 Å². The Hall–Kier alpha value is -1.24. The van der Waals surface area contributed by atoms with E-state index in [0.29, 0.717) is 18.1 Å². The topological polar surface area (TPSA) is 55.8 Å². The van der Waals surface area contributed by atoms with Crippen LogP contribution >= 0.6 is 22.6 Å². The van der Waals surface area contributed by atoms with Crippen LogP contribution in [0.15, 0.2) is 18.2 Å². The Bertz CT molecular complexity index is 469. The SMILES string of the molecule is CCCCOc1c(I)cc(C=CC(=O)O)cc1OC. The lowest BCUT2D eigenvalue weighted by molar-refractivity contribution is -0.131. The predicted molar refractivity (Wildman–Crippen MR) is 82.8 cm³/mol. The summed E-state index contributed by atoms with van der Waals surface area (Å²) in [5, 5.41) is 8.62. The van der Waals surface area contributed by atoms with Crippen molar-refractivity contribution >= 4 is 34.6 Å². The Kier molecular flexibility index (Phi) is 6.69. The summed E-state index contributed by atoms with van der Waals surface area (Å²) in [6, 6.07) is 3.63. The van der Waals surface area contributed by atoms with Gasteiger partial charge in [-0.2, -0.15) is 0 Å². The fourth-order valence-electron chi connectivity index (χ4n) is 1.46. The molecule has 0 spiro atoms. The number of hydrogen-bond acceptors (Lipinski definition) is 3. The van der Waals surface area contributed by atoms with Gasteiger partial charge in [-0.05, 0) is 52.8 Å². The number of unbranched alkanes of at least 4 members (excludes halogenated alkanes) is 1. The van der Waals surface area contributed by atoms with Crippen molar-refractivity contribution in [2.24, 2.45) is 0 Å². The van der Waals surface area contributed by atoms with Gasteiger partial charge in [0.05, 0.1) is 17.3 Å². The van der Waals surface area contributed by atoms with Crippen molar-refractivity contribution in [2.45, 2.75) is 19.8 Å². The molecule has 0 aliphatic heterocycles. The third-order valence-electron chi connectivity index (χ3n) is 2.41. The van der Waals surface area contributed by atoms with E-state index in [-0.39, 0.29) is 0 Å². The highest BCUT2D eigenvalue weighted by Gasteiger charge is 2.10. The van der Waals surface area contributed by atoms with Crippen LogP contribution in [0.5, 0.6) is 11.5 Å². The monoisotopic (exact) mass is 376 g/mol. The average molecular weight is 376 g/mol. The summed E-state index contributed by atoms with van der Waals surface area (Å²) in [5.41, 5.74) is 0.770. The molecule has 0 unspecified atom stereocenters. The van der Waals surface area contributed by atoms with Crippen LogP contribution in [0.2, 0.25) is 0 Å². The zero-order chi connectivity index (χ0) is 14.3. The van der Waals surface area contributed by atoms with Crippen LogP contribution in [0.4, 0.5) is 0 Å². The molecule has 0 aliphatic rings. The van der Waals surface area contributed by atoms with Crippen LogP contribution in [0.3, 0.4) is 0 Å². The van der Waals surface area contributed by atoms with E-state index in [4.69, 9.17) is 14.6 Å². The second kappa shape index (κ2) is 8.04. The minimum atomic E-state index is -0.975. The van der Waals surface area contributed by atoms with Gasteiger partial charge in [0.15, 0.2) is 11.5 Å². The first-order valence-corrected chi connectivity index (χ1v) is 7.07. The maximum absolute atomic E-state index is 10.5. The molecule has 4 nitrogen and oxygen atoms in total. The van der Waals surface area contributed by atoms with E-state index < -0.39 is 5.97 Å². The van der Waals surface area contributed by atoms with Crippen molar-refractivity contribution in [1.82, 2.24) is 0 Å². The van der Waals surface area contributed by atoms with Crippen molar-refractivity contribution in [3.05, 3.63) is 27.3 Å². The highest BCUT2D eigenvalue weighted by atomic mass is 127. The molecule has 0 saturated heterocycles. The fourth-order valence-corrected chi connectivity index (χ4v) is 2.24. The first kappa shape index (κ1) is 15.8. The number of methoxy groups -OCH3 is 1. The number of hydrogen-bond donors (Lipinski definition) is 1. The van der Waals surface area contributed by atoms with Crippen molar-refractivity contribution in [1.29, 1.82) is 0 Å². The van der Waals surface area contributed by atoms with Crippen LogP contribution in [-0.2, 0) is 4.79 Å². The molecule has 19 heavy (non-hydrogen) atoms. The molecular weight excluding hydrogens is 359 g/mol. The van der Waals surface area contributed by atoms with Crippen LogP contribution in [0, 0.1) is 3.57 Å². The largest absolute Gasteiger partial charge is 0.493 e. The molecule has 0 atom stereocenters. The molecule has 1 rings (SSSR count). The maximum atomic E-state index is 10.5. The predicted octanol–water partition coefficient (Wildman–Crippen LogP) is 3.58. The van der Waals surface area contributed by atoms with Gasteiger partial charge in [-0.1, -0.05) is 13.3 Å². The van der Waals surface area contributed by atoms with Gasteiger partial charge in [0.25, 0.3) is 0 Å². The van der Waals surface area contributed by atoms with Crippen LogP contribution in [0.1, 0.15) is 25.3 Å². The summed E-state index contributed by atoms with van der Waals surface area (Å²) >= 11 is 2.16. The maximum Gasteiger partial charge on any atom is 0.328 e. The van der Waals surface area contributed by atoms with Gasteiger partial charge in [0.1, 0.15) is 0 Å². The van der Waals surface area contributed by atoms with Crippen LogP contribution in [0.25, 0.3) is 6.08 Å². The van der Waals surface area contributed by atoms with E-state index >= 15 is 0 Å². The van der Waals surface area contributed by atoms with E-state index in [1.165, 1.54) is 6.08 Å². The van der Waals surface area contributed by atoms with Crippen molar-refractivity contribution in [3.8, 4) is 11.5 Å². The molecule has 0 radical (unpaired) electrons. The van der Waals surface area contributed by atoms with Gasteiger partial charge in [-0.15, -0.1) is 0 Å². The van der Waals surface area contributed by atoms with E-state index in [0.717, 1.165) is 28.1 Å². The van der Waals surface area contributed by atoms with E-state index in [1.54, 1.807) is 13.2 Å². The van der Waals surface area contributed by atoms with Gasteiger partial charge in [0, 0.05) is 6.08 Å². The molecular formula is C14H17IO4. The number of rotatable bonds is 7. The smallest absolute Gasteiger partial charge is 0.328 e. The fraction of sp³-hybridized carbons (Fsp3) is 0.357.